The van der Waals surface area contributed by atoms with Gasteiger partial charge in [0.1, 0.15) is 22.7 Å². The predicted molar refractivity (Wildman–Crippen MR) is 94.3 cm³/mol. The Morgan fingerprint density at radius 1 is 1.12 bits per heavy atom. The first kappa shape index (κ1) is 15.1. The normalized spacial score (nSPS) is 16.0. The summed E-state index contributed by atoms with van der Waals surface area (Å²) in [5, 5.41) is 2.38. The van der Waals surface area contributed by atoms with Gasteiger partial charge in [0.05, 0.1) is 12.5 Å². The lowest BCUT2D eigenvalue weighted by Gasteiger charge is -2.33. The topological polar surface area (TPSA) is 48.7 Å². The van der Waals surface area contributed by atoms with Crippen molar-refractivity contribution >= 4 is 21.7 Å². The molecule has 0 unspecified atom stereocenters. The van der Waals surface area contributed by atoms with E-state index in [2.05, 4.69) is 19.9 Å². The van der Waals surface area contributed by atoms with E-state index in [1.165, 1.54) is 5.56 Å². The summed E-state index contributed by atoms with van der Waals surface area (Å²) in [4.78, 5) is 12.4. The summed E-state index contributed by atoms with van der Waals surface area (Å²) in [7, 11) is 1.59. The Morgan fingerprint density at radius 3 is 2.67 bits per heavy atom. The lowest BCUT2D eigenvalue weighted by Crippen LogP contribution is -2.33. The van der Waals surface area contributed by atoms with Crippen LogP contribution in [0, 0.1) is 6.92 Å². The van der Waals surface area contributed by atoms with Crippen LogP contribution in [0.25, 0.3) is 21.7 Å². The Labute approximate surface area is 140 Å². The van der Waals surface area contributed by atoms with Gasteiger partial charge in [0, 0.05) is 16.3 Å². The minimum absolute atomic E-state index is 0.198. The number of aryl methyl sites for hydroxylation is 2. The van der Waals surface area contributed by atoms with Gasteiger partial charge >= 0.3 is 5.63 Å². The lowest BCUT2D eigenvalue weighted by molar-refractivity contribution is 0.0838. The van der Waals surface area contributed by atoms with Gasteiger partial charge in [-0.3, -0.25) is 0 Å². The molecule has 2 aromatic carbocycles. The first-order chi connectivity index (χ1) is 11.4. The summed E-state index contributed by atoms with van der Waals surface area (Å²) in [6.45, 7) is 6.13. The zero-order chi connectivity index (χ0) is 17.1. The highest BCUT2D eigenvalue weighted by Crippen LogP contribution is 2.40. The third kappa shape index (κ3) is 2.17. The maximum absolute atomic E-state index is 12.4. The van der Waals surface area contributed by atoms with E-state index in [1.54, 1.807) is 13.2 Å². The molecule has 24 heavy (non-hydrogen) atoms. The Kier molecular flexibility index (Phi) is 3.14. The highest BCUT2D eigenvalue weighted by molar-refractivity contribution is 6.06. The third-order valence-electron chi connectivity index (χ3n) is 4.84. The van der Waals surface area contributed by atoms with Crippen LogP contribution in [-0.4, -0.2) is 12.7 Å². The van der Waals surface area contributed by atoms with E-state index in [4.69, 9.17) is 13.9 Å². The van der Waals surface area contributed by atoms with E-state index < -0.39 is 0 Å². The molecule has 0 fully saturated rings. The molecule has 124 valence electrons. The number of hydrogen-bond donors (Lipinski definition) is 0. The molecule has 0 saturated heterocycles. The SMILES string of the molecule is COc1ccc2c(c1)c(=O)oc1c(C)c3c(cc12)CCC(C)(C)O3. The molecule has 0 atom stereocenters. The van der Waals surface area contributed by atoms with Crippen molar-refractivity contribution in [2.24, 2.45) is 0 Å². The number of rotatable bonds is 1. The molecule has 2 heterocycles. The van der Waals surface area contributed by atoms with Crippen molar-refractivity contribution < 1.29 is 13.9 Å². The van der Waals surface area contributed by atoms with E-state index in [0.717, 1.165) is 34.9 Å². The van der Waals surface area contributed by atoms with Gasteiger partial charge in [-0.15, -0.1) is 0 Å². The minimum atomic E-state index is -0.352. The Balaban J connectivity index is 2.09. The van der Waals surface area contributed by atoms with Crippen LogP contribution in [0.2, 0.25) is 0 Å². The third-order valence-corrected chi connectivity index (χ3v) is 4.84. The second kappa shape index (κ2) is 5.00. The highest BCUT2D eigenvalue weighted by atomic mass is 16.5. The van der Waals surface area contributed by atoms with Crippen LogP contribution >= 0.6 is 0 Å². The largest absolute Gasteiger partial charge is 0.497 e. The van der Waals surface area contributed by atoms with E-state index in [9.17, 15) is 4.79 Å². The van der Waals surface area contributed by atoms with Gasteiger partial charge in [-0.2, -0.15) is 0 Å². The zero-order valence-electron chi connectivity index (χ0n) is 14.4. The second-order valence-corrected chi connectivity index (χ2v) is 7.03. The van der Waals surface area contributed by atoms with Crippen molar-refractivity contribution in [3.63, 3.8) is 0 Å². The Hall–Kier alpha value is -2.49. The maximum atomic E-state index is 12.4. The monoisotopic (exact) mass is 324 g/mol. The summed E-state index contributed by atoms with van der Waals surface area (Å²) < 4.78 is 17.0. The molecule has 1 aliphatic heterocycles. The fourth-order valence-electron chi connectivity index (χ4n) is 3.48. The van der Waals surface area contributed by atoms with E-state index in [-0.39, 0.29) is 11.2 Å². The zero-order valence-corrected chi connectivity index (χ0v) is 14.4. The summed E-state index contributed by atoms with van der Waals surface area (Å²) in [6.07, 6.45) is 1.92. The van der Waals surface area contributed by atoms with E-state index >= 15 is 0 Å². The summed E-state index contributed by atoms with van der Waals surface area (Å²) in [5.74, 6) is 1.50. The van der Waals surface area contributed by atoms with Crippen LogP contribution in [0.15, 0.2) is 33.5 Å². The van der Waals surface area contributed by atoms with Crippen molar-refractivity contribution in [2.75, 3.05) is 7.11 Å². The summed E-state index contributed by atoms with van der Waals surface area (Å²) in [6, 6.07) is 7.63. The maximum Gasteiger partial charge on any atom is 0.344 e. The second-order valence-electron chi connectivity index (χ2n) is 7.03. The van der Waals surface area contributed by atoms with Crippen molar-refractivity contribution in [1.29, 1.82) is 0 Å². The minimum Gasteiger partial charge on any atom is -0.497 e. The molecular weight excluding hydrogens is 304 g/mol. The molecule has 0 saturated carbocycles. The molecule has 0 bridgehead atoms. The fraction of sp³-hybridized carbons (Fsp3) is 0.350. The molecule has 0 aliphatic carbocycles. The fourth-order valence-corrected chi connectivity index (χ4v) is 3.48. The first-order valence-electron chi connectivity index (χ1n) is 8.16. The van der Waals surface area contributed by atoms with Gasteiger partial charge in [0.15, 0.2) is 0 Å². The molecule has 1 aromatic heterocycles. The molecule has 3 aromatic rings. The van der Waals surface area contributed by atoms with Crippen molar-refractivity contribution in [1.82, 2.24) is 0 Å². The van der Waals surface area contributed by atoms with Crippen LogP contribution in [0.3, 0.4) is 0 Å². The summed E-state index contributed by atoms with van der Waals surface area (Å²) in [5.41, 5.74) is 2.12. The quantitative estimate of drug-likeness (QED) is 0.493. The highest BCUT2D eigenvalue weighted by Gasteiger charge is 2.29. The van der Waals surface area contributed by atoms with Gasteiger partial charge in [0.2, 0.25) is 0 Å². The number of benzene rings is 2. The van der Waals surface area contributed by atoms with Gasteiger partial charge in [-0.05, 0) is 63.4 Å². The van der Waals surface area contributed by atoms with Crippen LogP contribution < -0.4 is 15.1 Å². The smallest absolute Gasteiger partial charge is 0.344 e. The standard InChI is InChI=1S/C20H20O4/c1-11-17-12(7-8-20(2,3)24-17)9-15-14-6-5-13(22-4)10-16(14)19(21)23-18(11)15/h5-6,9-10H,7-8H2,1-4H3. The van der Waals surface area contributed by atoms with Gasteiger partial charge in [-0.25, -0.2) is 4.79 Å². The predicted octanol–water partition coefficient (Wildman–Crippen LogP) is 4.37. The number of ether oxygens (including phenoxy) is 2. The molecular formula is C20H20O4. The molecule has 4 rings (SSSR count). The van der Waals surface area contributed by atoms with E-state index in [1.807, 2.05) is 19.1 Å². The van der Waals surface area contributed by atoms with Crippen LogP contribution in [0.5, 0.6) is 11.5 Å². The molecule has 0 N–H and O–H groups in total. The van der Waals surface area contributed by atoms with E-state index in [0.29, 0.717) is 16.7 Å². The van der Waals surface area contributed by atoms with Crippen molar-refractivity contribution in [3.05, 3.63) is 45.8 Å². The van der Waals surface area contributed by atoms with Crippen LogP contribution in [0.4, 0.5) is 0 Å². The molecule has 4 nitrogen and oxygen atoms in total. The average molecular weight is 324 g/mol. The molecule has 0 radical (unpaired) electrons. The number of methoxy groups -OCH3 is 1. The van der Waals surface area contributed by atoms with Crippen LogP contribution in [-0.2, 0) is 6.42 Å². The van der Waals surface area contributed by atoms with Crippen LogP contribution in [0.1, 0.15) is 31.4 Å². The van der Waals surface area contributed by atoms with Gasteiger partial charge in [-0.1, -0.05) is 0 Å². The molecule has 0 spiro atoms. The number of fused-ring (bicyclic) bond motifs is 4. The average Bonchev–Trinajstić information content (AvgIpc) is 2.56. The summed E-state index contributed by atoms with van der Waals surface area (Å²) >= 11 is 0. The molecule has 0 amide bonds. The van der Waals surface area contributed by atoms with Gasteiger partial charge < -0.3 is 13.9 Å². The Bertz CT molecular complexity index is 1030. The lowest BCUT2D eigenvalue weighted by atomic mass is 9.91. The Morgan fingerprint density at radius 2 is 1.92 bits per heavy atom. The molecule has 1 aliphatic rings. The van der Waals surface area contributed by atoms with Gasteiger partial charge in [0.25, 0.3) is 0 Å². The number of hydrogen-bond acceptors (Lipinski definition) is 4. The van der Waals surface area contributed by atoms with Crippen molar-refractivity contribution in [3.8, 4) is 11.5 Å². The molecule has 4 heteroatoms. The van der Waals surface area contributed by atoms with Crippen molar-refractivity contribution in [2.45, 2.75) is 39.2 Å². The first-order valence-corrected chi connectivity index (χ1v) is 8.16.